The first-order valence-electron chi connectivity index (χ1n) is 7.88. The SMILES string of the molecule is COc1cc(CNc2cc(C)nc(-c3cccc([N+](=O)[O-])c3)n2)ccn1. The Bertz CT molecular complexity index is 946. The normalized spacial score (nSPS) is 10.4. The molecule has 2 aromatic heterocycles. The van der Waals surface area contributed by atoms with E-state index in [0.717, 1.165) is 11.3 Å². The molecule has 0 spiro atoms. The topological polar surface area (TPSA) is 103 Å². The molecular formula is C18H17N5O3. The maximum absolute atomic E-state index is 11.0. The van der Waals surface area contributed by atoms with E-state index in [1.807, 2.05) is 25.1 Å². The van der Waals surface area contributed by atoms with Crippen LogP contribution in [0.2, 0.25) is 0 Å². The highest BCUT2D eigenvalue weighted by Gasteiger charge is 2.10. The second kappa shape index (κ2) is 7.56. The van der Waals surface area contributed by atoms with Crippen LogP contribution in [-0.2, 0) is 6.54 Å². The van der Waals surface area contributed by atoms with Gasteiger partial charge in [0.1, 0.15) is 5.82 Å². The number of aromatic nitrogens is 3. The lowest BCUT2D eigenvalue weighted by Gasteiger charge is -2.09. The van der Waals surface area contributed by atoms with E-state index in [0.29, 0.717) is 29.6 Å². The number of nitrogens with zero attached hydrogens (tertiary/aromatic N) is 4. The van der Waals surface area contributed by atoms with Gasteiger partial charge in [-0.15, -0.1) is 0 Å². The molecule has 0 fully saturated rings. The molecule has 132 valence electrons. The summed E-state index contributed by atoms with van der Waals surface area (Å²) in [5.41, 5.74) is 2.35. The number of benzene rings is 1. The Morgan fingerprint density at radius 2 is 2.04 bits per heavy atom. The van der Waals surface area contributed by atoms with Crippen LogP contribution in [0.4, 0.5) is 11.5 Å². The number of rotatable bonds is 6. The van der Waals surface area contributed by atoms with Gasteiger partial charge in [0.15, 0.2) is 5.82 Å². The summed E-state index contributed by atoms with van der Waals surface area (Å²) in [6.45, 7) is 2.38. The van der Waals surface area contributed by atoms with Crippen LogP contribution in [0.3, 0.4) is 0 Å². The molecule has 0 radical (unpaired) electrons. The second-order valence-electron chi connectivity index (χ2n) is 5.59. The molecule has 0 aliphatic carbocycles. The van der Waals surface area contributed by atoms with E-state index in [-0.39, 0.29) is 5.69 Å². The highest BCUT2D eigenvalue weighted by molar-refractivity contribution is 5.61. The Morgan fingerprint density at radius 3 is 2.81 bits per heavy atom. The number of nitrogens with one attached hydrogen (secondary N) is 1. The third-order valence-electron chi connectivity index (χ3n) is 3.65. The van der Waals surface area contributed by atoms with E-state index in [9.17, 15) is 10.1 Å². The average Bonchev–Trinajstić information content (AvgIpc) is 2.66. The predicted octanol–water partition coefficient (Wildman–Crippen LogP) is 3.38. The third kappa shape index (κ3) is 4.10. The molecule has 1 aromatic carbocycles. The lowest BCUT2D eigenvalue weighted by atomic mass is 10.2. The zero-order valence-electron chi connectivity index (χ0n) is 14.3. The Labute approximate surface area is 150 Å². The highest BCUT2D eigenvalue weighted by atomic mass is 16.6. The van der Waals surface area contributed by atoms with Gasteiger partial charge in [0.25, 0.3) is 5.69 Å². The number of hydrogen-bond acceptors (Lipinski definition) is 7. The van der Waals surface area contributed by atoms with Crippen molar-refractivity contribution in [2.24, 2.45) is 0 Å². The van der Waals surface area contributed by atoms with Crippen molar-refractivity contribution in [2.75, 3.05) is 12.4 Å². The van der Waals surface area contributed by atoms with Gasteiger partial charge in [-0.3, -0.25) is 10.1 Å². The van der Waals surface area contributed by atoms with Crippen LogP contribution >= 0.6 is 0 Å². The maximum Gasteiger partial charge on any atom is 0.270 e. The molecule has 3 rings (SSSR count). The largest absolute Gasteiger partial charge is 0.481 e. The fourth-order valence-corrected chi connectivity index (χ4v) is 2.41. The molecule has 8 nitrogen and oxygen atoms in total. The first-order valence-corrected chi connectivity index (χ1v) is 7.88. The van der Waals surface area contributed by atoms with E-state index >= 15 is 0 Å². The number of aryl methyl sites for hydroxylation is 1. The average molecular weight is 351 g/mol. The summed E-state index contributed by atoms with van der Waals surface area (Å²) in [6.07, 6.45) is 1.68. The van der Waals surface area contributed by atoms with Crippen molar-refractivity contribution < 1.29 is 9.66 Å². The van der Waals surface area contributed by atoms with Gasteiger partial charge in [0.2, 0.25) is 5.88 Å². The summed E-state index contributed by atoms with van der Waals surface area (Å²) in [5.74, 6) is 1.61. The molecular weight excluding hydrogens is 334 g/mol. The lowest BCUT2D eigenvalue weighted by Crippen LogP contribution is -2.04. The summed E-state index contributed by atoms with van der Waals surface area (Å²) < 4.78 is 5.11. The smallest absolute Gasteiger partial charge is 0.270 e. The van der Waals surface area contributed by atoms with Gasteiger partial charge in [0.05, 0.1) is 12.0 Å². The molecule has 2 heterocycles. The van der Waals surface area contributed by atoms with Crippen LogP contribution in [-0.4, -0.2) is 27.0 Å². The number of nitro benzene ring substituents is 1. The van der Waals surface area contributed by atoms with Crippen molar-refractivity contribution in [1.29, 1.82) is 0 Å². The molecule has 0 atom stereocenters. The van der Waals surface area contributed by atoms with E-state index in [2.05, 4.69) is 20.3 Å². The Morgan fingerprint density at radius 1 is 1.19 bits per heavy atom. The summed E-state index contributed by atoms with van der Waals surface area (Å²) in [7, 11) is 1.57. The number of non-ortho nitro benzene ring substituents is 1. The summed E-state index contributed by atoms with van der Waals surface area (Å²) in [5, 5.41) is 14.2. The first kappa shape index (κ1) is 17.3. The van der Waals surface area contributed by atoms with E-state index in [1.165, 1.54) is 12.1 Å². The fraction of sp³-hybridized carbons (Fsp3) is 0.167. The molecule has 0 aliphatic heterocycles. The van der Waals surface area contributed by atoms with Gasteiger partial charge < -0.3 is 10.1 Å². The van der Waals surface area contributed by atoms with Crippen molar-refractivity contribution in [3.8, 4) is 17.3 Å². The number of nitro groups is 1. The van der Waals surface area contributed by atoms with E-state index < -0.39 is 4.92 Å². The molecule has 0 unspecified atom stereocenters. The Balaban J connectivity index is 1.83. The zero-order chi connectivity index (χ0) is 18.5. The van der Waals surface area contributed by atoms with Crippen LogP contribution in [0.25, 0.3) is 11.4 Å². The van der Waals surface area contributed by atoms with Crippen molar-refractivity contribution in [3.63, 3.8) is 0 Å². The number of methoxy groups -OCH3 is 1. The van der Waals surface area contributed by atoms with Gasteiger partial charge in [-0.1, -0.05) is 12.1 Å². The highest BCUT2D eigenvalue weighted by Crippen LogP contribution is 2.22. The van der Waals surface area contributed by atoms with Crippen LogP contribution in [0.15, 0.2) is 48.7 Å². The molecule has 0 saturated carbocycles. The van der Waals surface area contributed by atoms with Gasteiger partial charge >= 0.3 is 0 Å². The van der Waals surface area contributed by atoms with E-state index in [4.69, 9.17) is 4.74 Å². The summed E-state index contributed by atoms with van der Waals surface area (Å²) in [4.78, 5) is 23.5. The summed E-state index contributed by atoms with van der Waals surface area (Å²) in [6, 6.07) is 11.8. The molecule has 3 aromatic rings. The zero-order valence-corrected chi connectivity index (χ0v) is 14.3. The molecule has 0 bridgehead atoms. The lowest BCUT2D eigenvalue weighted by molar-refractivity contribution is -0.384. The predicted molar refractivity (Wildman–Crippen MR) is 97.0 cm³/mol. The maximum atomic E-state index is 11.0. The van der Waals surface area contributed by atoms with Gasteiger partial charge in [-0.2, -0.15) is 0 Å². The molecule has 1 N–H and O–H groups in total. The number of ether oxygens (including phenoxy) is 1. The molecule has 0 amide bonds. The minimum Gasteiger partial charge on any atom is -0.481 e. The van der Waals surface area contributed by atoms with Crippen molar-refractivity contribution in [1.82, 2.24) is 15.0 Å². The third-order valence-corrected chi connectivity index (χ3v) is 3.65. The van der Waals surface area contributed by atoms with Crippen LogP contribution < -0.4 is 10.1 Å². The quantitative estimate of drug-likeness (QED) is 0.536. The van der Waals surface area contributed by atoms with Crippen LogP contribution in [0, 0.1) is 17.0 Å². The van der Waals surface area contributed by atoms with Crippen molar-refractivity contribution in [3.05, 3.63) is 70.0 Å². The molecule has 8 heteroatoms. The van der Waals surface area contributed by atoms with E-state index in [1.54, 1.807) is 25.4 Å². The summed E-state index contributed by atoms with van der Waals surface area (Å²) >= 11 is 0. The van der Waals surface area contributed by atoms with Gasteiger partial charge in [-0.25, -0.2) is 15.0 Å². The van der Waals surface area contributed by atoms with Gasteiger partial charge in [-0.05, 0) is 18.6 Å². The van der Waals surface area contributed by atoms with Crippen molar-refractivity contribution in [2.45, 2.75) is 13.5 Å². The number of anilines is 1. The van der Waals surface area contributed by atoms with Crippen LogP contribution in [0.5, 0.6) is 5.88 Å². The molecule has 26 heavy (non-hydrogen) atoms. The van der Waals surface area contributed by atoms with Crippen LogP contribution in [0.1, 0.15) is 11.3 Å². The number of hydrogen-bond donors (Lipinski definition) is 1. The standard InChI is InChI=1S/C18H17N5O3/c1-12-8-16(20-11-13-6-7-19-17(9-13)26-2)22-18(21-12)14-4-3-5-15(10-14)23(24)25/h3-10H,11H2,1-2H3,(H,20,21,22). The fourth-order valence-electron chi connectivity index (χ4n) is 2.41. The monoisotopic (exact) mass is 351 g/mol. The minimum atomic E-state index is -0.435. The minimum absolute atomic E-state index is 0.00555. The first-order chi connectivity index (χ1) is 12.5. The van der Waals surface area contributed by atoms with Crippen molar-refractivity contribution >= 4 is 11.5 Å². The second-order valence-corrected chi connectivity index (χ2v) is 5.59. The Kier molecular flexibility index (Phi) is 5.02. The Hall–Kier alpha value is -3.55. The molecule has 0 aliphatic rings. The van der Waals surface area contributed by atoms with Gasteiger partial charge in [0, 0.05) is 48.3 Å². The molecule has 0 saturated heterocycles. The number of pyridine rings is 1.